The molecule has 0 heterocycles. The van der Waals surface area contributed by atoms with Gasteiger partial charge in [0, 0.05) is 5.69 Å². The molecule has 0 aromatic heterocycles. The first-order valence-corrected chi connectivity index (χ1v) is 7.36. The van der Waals surface area contributed by atoms with Gasteiger partial charge in [0.05, 0.1) is 0 Å². The first-order chi connectivity index (χ1) is 11.5. The highest BCUT2D eigenvalue weighted by molar-refractivity contribution is 5.92. The second kappa shape index (κ2) is 8.10. The molecule has 0 fully saturated rings. The molecule has 2 aromatic rings. The monoisotopic (exact) mass is 331 g/mol. The normalized spacial score (nSPS) is 10.1. The second-order valence-corrected chi connectivity index (χ2v) is 5.21. The van der Waals surface area contributed by atoms with Gasteiger partial charge in [-0.1, -0.05) is 18.2 Å². The molecule has 1 amide bonds. The molecule has 0 unspecified atom stereocenters. The number of nitrogens with one attached hydrogen (secondary N) is 1. The van der Waals surface area contributed by atoms with E-state index in [0.29, 0.717) is 11.4 Å². The lowest BCUT2D eigenvalue weighted by Gasteiger charge is -2.10. The van der Waals surface area contributed by atoms with Crippen molar-refractivity contribution in [2.24, 2.45) is 0 Å². The van der Waals surface area contributed by atoms with Crippen molar-refractivity contribution in [2.45, 2.75) is 13.8 Å². The van der Waals surface area contributed by atoms with E-state index in [9.17, 15) is 14.0 Å². The van der Waals surface area contributed by atoms with Crippen LogP contribution in [0.4, 0.5) is 10.1 Å². The molecule has 0 saturated carbocycles. The fourth-order valence-electron chi connectivity index (χ4n) is 1.97. The summed E-state index contributed by atoms with van der Waals surface area (Å²) in [6, 6.07) is 11.0. The number of carbonyl (C=O) groups is 2. The molecule has 0 aliphatic carbocycles. The van der Waals surface area contributed by atoms with Gasteiger partial charge in [0.1, 0.15) is 11.6 Å². The molecule has 126 valence electrons. The number of esters is 1. The Morgan fingerprint density at radius 1 is 1.08 bits per heavy atom. The summed E-state index contributed by atoms with van der Waals surface area (Å²) < 4.78 is 23.2. The van der Waals surface area contributed by atoms with Crippen molar-refractivity contribution in [3.8, 4) is 5.75 Å². The molecule has 0 spiro atoms. The maximum absolute atomic E-state index is 13.0. The maximum atomic E-state index is 13.0. The van der Waals surface area contributed by atoms with Gasteiger partial charge in [-0.15, -0.1) is 0 Å². The Hall–Kier alpha value is -2.89. The van der Waals surface area contributed by atoms with E-state index in [-0.39, 0.29) is 6.61 Å². The van der Waals surface area contributed by atoms with Crippen molar-refractivity contribution >= 4 is 17.6 Å². The summed E-state index contributed by atoms with van der Waals surface area (Å²) in [7, 11) is 0. The number of hydrogen-bond donors (Lipinski definition) is 1. The Kier molecular flexibility index (Phi) is 5.89. The Morgan fingerprint density at radius 3 is 2.58 bits per heavy atom. The van der Waals surface area contributed by atoms with Gasteiger partial charge in [-0.2, -0.15) is 0 Å². The molecular formula is C18H18FNO4. The van der Waals surface area contributed by atoms with Gasteiger partial charge in [-0.3, -0.25) is 4.79 Å². The van der Waals surface area contributed by atoms with Crippen molar-refractivity contribution in [1.82, 2.24) is 0 Å². The van der Waals surface area contributed by atoms with Crippen molar-refractivity contribution in [3.63, 3.8) is 0 Å². The summed E-state index contributed by atoms with van der Waals surface area (Å²) >= 11 is 0. The van der Waals surface area contributed by atoms with Crippen molar-refractivity contribution in [3.05, 3.63) is 59.4 Å². The summed E-state index contributed by atoms with van der Waals surface area (Å²) in [5.41, 5.74) is 2.28. The van der Waals surface area contributed by atoms with E-state index in [1.54, 1.807) is 6.07 Å². The minimum Gasteiger partial charge on any atom is -0.482 e. The van der Waals surface area contributed by atoms with Crippen LogP contribution in [-0.2, 0) is 14.3 Å². The molecule has 24 heavy (non-hydrogen) atoms. The molecule has 1 N–H and O–H groups in total. The van der Waals surface area contributed by atoms with Gasteiger partial charge in [0.25, 0.3) is 5.91 Å². The minimum absolute atomic E-state index is 0.294. The average molecular weight is 331 g/mol. The zero-order chi connectivity index (χ0) is 17.5. The van der Waals surface area contributed by atoms with E-state index in [1.807, 2.05) is 26.0 Å². The molecule has 2 rings (SSSR count). The van der Waals surface area contributed by atoms with Gasteiger partial charge < -0.3 is 14.8 Å². The lowest BCUT2D eigenvalue weighted by Crippen LogP contribution is -2.23. The predicted molar refractivity (Wildman–Crippen MR) is 87.4 cm³/mol. The number of aryl methyl sites for hydroxylation is 1. The van der Waals surface area contributed by atoms with E-state index in [1.165, 1.54) is 24.3 Å². The topological polar surface area (TPSA) is 64.6 Å². The van der Waals surface area contributed by atoms with Gasteiger partial charge in [0.2, 0.25) is 0 Å². The van der Waals surface area contributed by atoms with Crippen LogP contribution in [0.5, 0.6) is 5.75 Å². The van der Waals surface area contributed by atoms with E-state index >= 15 is 0 Å². The summed E-state index contributed by atoms with van der Waals surface area (Å²) in [5.74, 6) is -1.09. The lowest BCUT2D eigenvalue weighted by atomic mass is 10.1. The zero-order valence-corrected chi connectivity index (χ0v) is 13.5. The van der Waals surface area contributed by atoms with Crippen LogP contribution in [0.25, 0.3) is 0 Å². The SMILES string of the molecule is Cc1cccc(OCC(=O)OCC(=O)Nc2cccc(F)c2)c1C. The Balaban J connectivity index is 1.76. The largest absolute Gasteiger partial charge is 0.482 e. The number of hydrogen-bond acceptors (Lipinski definition) is 4. The maximum Gasteiger partial charge on any atom is 0.344 e. The van der Waals surface area contributed by atoms with E-state index in [2.05, 4.69) is 5.32 Å². The summed E-state index contributed by atoms with van der Waals surface area (Å²) in [5, 5.41) is 2.43. The van der Waals surface area contributed by atoms with Crippen molar-refractivity contribution < 1.29 is 23.5 Å². The smallest absolute Gasteiger partial charge is 0.344 e. The van der Waals surface area contributed by atoms with Gasteiger partial charge in [-0.25, -0.2) is 9.18 Å². The third-order valence-electron chi connectivity index (χ3n) is 3.37. The summed E-state index contributed by atoms with van der Waals surface area (Å²) in [6.45, 7) is 3.07. The molecule has 0 radical (unpaired) electrons. The first-order valence-electron chi connectivity index (χ1n) is 7.36. The van der Waals surface area contributed by atoms with Gasteiger partial charge in [0.15, 0.2) is 13.2 Å². The third kappa shape index (κ3) is 5.08. The van der Waals surface area contributed by atoms with Crippen LogP contribution >= 0.6 is 0 Å². The van der Waals surface area contributed by atoms with Crippen LogP contribution < -0.4 is 10.1 Å². The average Bonchev–Trinajstić information content (AvgIpc) is 2.54. The van der Waals surface area contributed by atoms with Gasteiger partial charge >= 0.3 is 5.97 Å². The van der Waals surface area contributed by atoms with Crippen LogP contribution in [0.2, 0.25) is 0 Å². The Morgan fingerprint density at radius 2 is 1.83 bits per heavy atom. The van der Waals surface area contributed by atoms with Crippen molar-refractivity contribution in [1.29, 1.82) is 0 Å². The predicted octanol–water partition coefficient (Wildman–Crippen LogP) is 3.00. The molecule has 0 aliphatic rings. The Labute approximate surface area is 139 Å². The number of carbonyl (C=O) groups excluding carboxylic acids is 2. The standard InChI is InChI=1S/C18H18FNO4/c1-12-5-3-8-16(13(12)2)23-11-18(22)24-10-17(21)20-15-7-4-6-14(19)9-15/h3-9H,10-11H2,1-2H3,(H,20,21). The quantitative estimate of drug-likeness (QED) is 0.827. The zero-order valence-electron chi connectivity index (χ0n) is 13.5. The highest BCUT2D eigenvalue weighted by atomic mass is 19.1. The molecule has 0 aliphatic heterocycles. The number of amides is 1. The van der Waals surface area contributed by atoms with Crippen LogP contribution in [0.15, 0.2) is 42.5 Å². The van der Waals surface area contributed by atoms with E-state index in [4.69, 9.17) is 9.47 Å². The number of ether oxygens (including phenoxy) is 2. The van der Waals surface area contributed by atoms with Crippen LogP contribution in [-0.4, -0.2) is 25.1 Å². The number of anilines is 1. The van der Waals surface area contributed by atoms with Crippen LogP contribution in [0, 0.1) is 19.7 Å². The third-order valence-corrected chi connectivity index (χ3v) is 3.37. The number of halogens is 1. The fourth-order valence-corrected chi connectivity index (χ4v) is 1.97. The first kappa shape index (κ1) is 17.5. The summed E-state index contributed by atoms with van der Waals surface area (Å²) in [4.78, 5) is 23.3. The van der Waals surface area contributed by atoms with E-state index < -0.39 is 24.3 Å². The van der Waals surface area contributed by atoms with Gasteiger partial charge in [-0.05, 0) is 49.2 Å². The number of benzene rings is 2. The lowest BCUT2D eigenvalue weighted by molar-refractivity contribution is -0.149. The number of rotatable bonds is 6. The molecule has 0 bridgehead atoms. The Bertz CT molecular complexity index is 746. The van der Waals surface area contributed by atoms with Crippen LogP contribution in [0.1, 0.15) is 11.1 Å². The highest BCUT2D eigenvalue weighted by Gasteiger charge is 2.10. The second-order valence-electron chi connectivity index (χ2n) is 5.21. The molecule has 0 atom stereocenters. The molecular weight excluding hydrogens is 313 g/mol. The highest BCUT2D eigenvalue weighted by Crippen LogP contribution is 2.20. The minimum atomic E-state index is -0.662. The van der Waals surface area contributed by atoms with E-state index in [0.717, 1.165) is 11.1 Å². The molecule has 5 nitrogen and oxygen atoms in total. The summed E-state index contributed by atoms with van der Waals surface area (Å²) in [6.07, 6.45) is 0. The van der Waals surface area contributed by atoms with Crippen LogP contribution in [0.3, 0.4) is 0 Å². The molecule has 2 aromatic carbocycles. The molecule has 6 heteroatoms. The molecule has 0 saturated heterocycles. The fraction of sp³-hybridized carbons (Fsp3) is 0.222. The van der Waals surface area contributed by atoms with Crippen molar-refractivity contribution in [2.75, 3.05) is 18.5 Å².